The van der Waals surface area contributed by atoms with Crippen LogP contribution < -0.4 is 10.9 Å². The van der Waals surface area contributed by atoms with Crippen molar-refractivity contribution < 1.29 is 23.1 Å². The summed E-state index contributed by atoms with van der Waals surface area (Å²) in [5.74, 6) is -1.95. The molecule has 0 aliphatic heterocycles. The molecule has 30 heavy (non-hydrogen) atoms. The number of hydrogen-bond acceptors (Lipinski definition) is 6. The first kappa shape index (κ1) is 21.0. The number of rotatable bonds is 5. The summed E-state index contributed by atoms with van der Waals surface area (Å²) in [5.41, 5.74) is 4.69. The van der Waals surface area contributed by atoms with Gasteiger partial charge >= 0.3 is 0 Å². The molecule has 3 aromatic rings. The molecular weight excluding hydrogens is 410 g/mol. The maximum absolute atomic E-state index is 12.3. The van der Waals surface area contributed by atoms with Crippen LogP contribution in [-0.2, 0) is 10.0 Å². The number of hydrogen-bond donors (Lipinski definition) is 3. The van der Waals surface area contributed by atoms with E-state index >= 15 is 0 Å². The molecular formula is C19H19N5O5S. The topological polar surface area (TPSA) is 134 Å². The second-order valence-electron chi connectivity index (χ2n) is 6.37. The molecule has 0 bridgehead atoms. The van der Waals surface area contributed by atoms with Gasteiger partial charge in [-0.2, -0.15) is 5.10 Å². The molecule has 10 nitrogen and oxygen atoms in total. The summed E-state index contributed by atoms with van der Waals surface area (Å²) in [5, 5.41) is 14.0. The Hall–Kier alpha value is -3.70. The third-order valence-electron chi connectivity index (χ3n) is 4.10. The molecule has 0 radical (unpaired) electrons. The molecule has 1 aromatic heterocycles. The molecule has 0 atom stereocenters. The number of aromatic nitrogens is 2. The average molecular weight is 429 g/mol. The van der Waals surface area contributed by atoms with Crippen LogP contribution in [0, 0.1) is 0 Å². The maximum atomic E-state index is 12.3. The largest absolute Gasteiger partial charge is 0.504 e. The highest BCUT2D eigenvalue weighted by Gasteiger charge is 2.20. The minimum absolute atomic E-state index is 0.0252. The van der Waals surface area contributed by atoms with Crippen molar-refractivity contribution in [1.82, 2.24) is 24.9 Å². The summed E-state index contributed by atoms with van der Waals surface area (Å²) in [6.45, 7) is 0. The molecule has 2 aromatic carbocycles. The molecule has 156 valence electrons. The first-order valence-corrected chi connectivity index (χ1v) is 10.1. The van der Waals surface area contributed by atoms with E-state index in [9.17, 15) is 23.1 Å². The Morgan fingerprint density at radius 3 is 2.33 bits per heavy atom. The Bertz CT molecular complexity index is 1190. The van der Waals surface area contributed by atoms with Crippen molar-refractivity contribution in [2.75, 3.05) is 14.1 Å². The zero-order chi connectivity index (χ0) is 21.9. The van der Waals surface area contributed by atoms with E-state index in [0.717, 1.165) is 4.31 Å². The van der Waals surface area contributed by atoms with E-state index in [-0.39, 0.29) is 21.9 Å². The highest BCUT2D eigenvalue weighted by Crippen LogP contribution is 2.18. The highest BCUT2D eigenvalue weighted by molar-refractivity contribution is 7.89. The van der Waals surface area contributed by atoms with Gasteiger partial charge in [0.05, 0.1) is 16.8 Å². The predicted molar refractivity (Wildman–Crippen MR) is 107 cm³/mol. The molecule has 11 heteroatoms. The van der Waals surface area contributed by atoms with Gasteiger partial charge in [0.2, 0.25) is 10.0 Å². The quantitative estimate of drug-likeness (QED) is 0.516. The van der Waals surface area contributed by atoms with Crippen molar-refractivity contribution in [2.24, 2.45) is 0 Å². The fraction of sp³-hybridized carbons (Fsp3) is 0.105. The van der Waals surface area contributed by atoms with Gasteiger partial charge in [0.15, 0.2) is 11.4 Å². The van der Waals surface area contributed by atoms with E-state index in [1.54, 1.807) is 24.3 Å². The third-order valence-corrected chi connectivity index (χ3v) is 5.91. The molecule has 2 amide bonds. The van der Waals surface area contributed by atoms with E-state index in [1.165, 1.54) is 49.2 Å². The lowest BCUT2D eigenvalue weighted by atomic mass is 10.2. The third kappa shape index (κ3) is 4.31. The lowest BCUT2D eigenvalue weighted by Crippen LogP contribution is -2.42. The van der Waals surface area contributed by atoms with Crippen LogP contribution in [0.1, 0.15) is 20.8 Å². The first-order valence-electron chi connectivity index (χ1n) is 8.67. The zero-order valence-corrected chi connectivity index (χ0v) is 16.9. The number of sulfonamides is 1. The number of carbonyl (C=O) groups is 2. The van der Waals surface area contributed by atoms with Crippen LogP contribution in [-0.4, -0.2) is 53.5 Å². The van der Waals surface area contributed by atoms with Crippen LogP contribution in [0.2, 0.25) is 0 Å². The van der Waals surface area contributed by atoms with Crippen molar-refractivity contribution in [1.29, 1.82) is 0 Å². The normalized spacial score (nSPS) is 11.3. The Morgan fingerprint density at radius 2 is 1.67 bits per heavy atom. The van der Waals surface area contributed by atoms with Gasteiger partial charge in [0, 0.05) is 19.7 Å². The molecule has 3 N–H and O–H groups in total. The number of nitrogens with zero attached hydrogens (tertiary/aromatic N) is 3. The van der Waals surface area contributed by atoms with Gasteiger partial charge in [-0.1, -0.05) is 24.3 Å². The number of carbonyl (C=O) groups excluding carboxylic acids is 2. The van der Waals surface area contributed by atoms with Crippen LogP contribution in [0.3, 0.4) is 0 Å². The molecule has 0 saturated carbocycles. The number of amides is 2. The van der Waals surface area contributed by atoms with Crippen LogP contribution >= 0.6 is 0 Å². The molecule has 0 aliphatic carbocycles. The fourth-order valence-electron chi connectivity index (χ4n) is 2.49. The lowest BCUT2D eigenvalue weighted by Gasteiger charge is -2.12. The van der Waals surface area contributed by atoms with Crippen LogP contribution in [0.25, 0.3) is 5.69 Å². The summed E-state index contributed by atoms with van der Waals surface area (Å²) in [7, 11) is -0.960. The smallest absolute Gasteiger partial charge is 0.294 e. The Balaban J connectivity index is 1.71. The molecule has 0 saturated heterocycles. The summed E-state index contributed by atoms with van der Waals surface area (Å²) < 4.78 is 26.7. The SMILES string of the molecule is CN(C)S(=O)(=O)c1cccc(C(=O)NNC(=O)c2nn(-c3ccccc3)cc2O)c1. The van der Waals surface area contributed by atoms with E-state index in [4.69, 9.17) is 0 Å². The van der Waals surface area contributed by atoms with E-state index < -0.39 is 21.8 Å². The van der Waals surface area contributed by atoms with Gasteiger partial charge in [-0.15, -0.1) is 0 Å². The zero-order valence-electron chi connectivity index (χ0n) is 16.1. The Morgan fingerprint density at radius 1 is 1.00 bits per heavy atom. The average Bonchev–Trinajstić information content (AvgIpc) is 3.14. The van der Waals surface area contributed by atoms with E-state index in [0.29, 0.717) is 5.69 Å². The fourth-order valence-corrected chi connectivity index (χ4v) is 3.44. The van der Waals surface area contributed by atoms with Crippen molar-refractivity contribution >= 4 is 21.8 Å². The molecule has 1 heterocycles. The van der Waals surface area contributed by atoms with Gasteiger partial charge in [-0.05, 0) is 30.3 Å². The van der Waals surface area contributed by atoms with Gasteiger partial charge in [0.25, 0.3) is 11.8 Å². The highest BCUT2D eigenvalue weighted by atomic mass is 32.2. The summed E-state index contributed by atoms with van der Waals surface area (Å²) in [4.78, 5) is 24.6. The molecule has 0 unspecified atom stereocenters. The summed E-state index contributed by atoms with van der Waals surface area (Å²) >= 11 is 0. The predicted octanol–water partition coefficient (Wildman–Crippen LogP) is 0.903. The minimum Gasteiger partial charge on any atom is -0.504 e. The van der Waals surface area contributed by atoms with E-state index in [1.807, 2.05) is 6.07 Å². The number of hydrazine groups is 1. The first-order chi connectivity index (χ1) is 14.2. The van der Waals surface area contributed by atoms with Crippen LogP contribution in [0.15, 0.2) is 65.7 Å². The second kappa shape index (κ2) is 8.35. The monoisotopic (exact) mass is 429 g/mol. The van der Waals surface area contributed by atoms with Crippen molar-refractivity contribution in [3.63, 3.8) is 0 Å². The van der Waals surface area contributed by atoms with Crippen molar-refractivity contribution in [3.05, 3.63) is 72.1 Å². The van der Waals surface area contributed by atoms with Crippen LogP contribution in [0.5, 0.6) is 5.75 Å². The number of nitrogens with one attached hydrogen (secondary N) is 2. The molecule has 3 rings (SSSR count). The van der Waals surface area contributed by atoms with Gasteiger partial charge in [0.1, 0.15) is 0 Å². The van der Waals surface area contributed by atoms with Crippen molar-refractivity contribution in [2.45, 2.75) is 4.90 Å². The number of para-hydroxylation sites is 1. The molecule has 0 aliphatic rings. The van der Waals surface area contributed by atoms with Gasteiger partial charge in [-0.25, -0.2) is 17.4 Å². The number of benzene rings is 2. The minimum atomic E-state index is -3.72. The van der Waals surface area contributed by atoms with E-state index in [2.05, 4.69) is 16.0 Å². The lowest BCUT2D eigenvalue weighted by molar-refractivity contribution is 0.0842. The molecule has 0 fully saturated rings. The Labute approximate surface area is 172 Å². The Kier molecular flexibility index (Phi) is 5.85. The maximum Gasteiger partial charge on any atom is 0.294 e. The summed E-state index contributed by atoms with van der Waals surface area (Å²) in [6.07, 6.45) is 1.27. The van der Waals surface area contributed by atoms with Gasteiger partial charge < -0.3 is 5.11 Å². The standard InChI is InChI=1S/C19H19N5O5S/c1-23(2)30(28,29)15-10-6-7-13(11-15)18(26)20-21-19(27)17-16(25)12-24(22-17)14-8-4-3-5-9-14/h3-12,25H,1-2H3,(H,20,26)(H,21,27). The number of aromatic hydroxyl groups is 1. The van der Waals surface area contributed by atoms with Gasteiger partial charge in [-0.3, -0.25) is 20.4 Å². The van der Waals surface area contributed by atoms with Crippen molar-refractivity contribution in [3.8, 4) is 11.4 Å². The van der Waals surface area contributed by atoms with Crippen LogP contribution in [0.4, 0.5) is 0 Å². The molecule has 0 spiro atoms. The second-order valence-corrected chi connectivity index (χ2v) is 8.52. The summed E-state index contributed by atoms with van der Waals surface area (Å²) in [6, 6.07) is 14.2.